The van der Waals surface area contributed by atoms with Gasteiger partial charge in [0.1, 0.15) is 11.9 Å². The Kier molecular flexibility index (Phi) is 7.26. The number of carbonyl (C=O) groups excluding carboxylic acids is 3. The van der Waals surface area contributed by atoms with Crippen LogP contribution >= 0.6 is 12.2 Å². The second-order valence-electron chi connectivity index (χ2n) is 7.34. The van der Waals surface area contributed by atoms with Gasteiger partial charge in [0.05, 0.1) is 29.5 Å². The molecule has 31 heavy (non-hydrogen) atoms. The summed E-state index contributed by atoms with van der Waals surface area (Å²) in [6.45, 7) is 5.09. The van der Waals surface area contributed by atoms with Crippen molar-refractivity contribution in [2.75, 3.05) is 55.7 Å². The summed E-state index contributed by atoms with van der Waals surface area (Å²) >= 11 is 4.96. The summed E-state index contributed by atoms with van der Waals surface area (Å²) in [7, 11) is 0. The third-order valence-corrected chi connectivity index (χ3v) is 5.21. The van der Waals surface area contributed by atoms with Crippen molar-refractivity contribution in [3.05, 3.63) is 24.0 Å². The zero-order valence-electron chi connectivity index (χ0n) is 17.4. The normalized spacial score (nSPS) is 18.6. The molecule has 11 heteroatoms. The SMILES string of the molecule is CC(=O)OCC(=O)N1CCN(c2ccc(N3CC(CNC(C)=S)OC3=O)cc2F)CC1. The van der Waals surface area contributed by atoms with Gasteiger partial charge in [0.25, 0.3) is 5.91 Å². The van der Waals surface area contributed by atoms with E-state index < -0.39 is 17.9 Å². The molecule has 2 fully saturated rings. The van der Waals surface area contributed by atoms with E-state index >= 15 is 0 Å². The van der Waals surface area contributed by atoms with Crippen LogP contribution in [0.15, 0.2) is 18.2 Å². The van der Waals surface area contributed by atoms with E-state index in [0.717, 1.165) is 0 Å². The number of amides is 2. The first-order valence-corrected chi connectivity index (χ1v) is 10.3. The maximum absolute atomic E-state index is 14.8. The van der Waals surface area contributed by atoms with E-state index in [1.54, 1.807) is 24.0 Å². The van der Waals surface area contributed by atoms with Crippen molar-refractivity contribution in [2.45, 2.75) is 20.0 Å². The van der Waals surface area contributed by atoms with Crippen molar-refractivity contribution < 1.29 is 28.2 Å². The Morgan fingerprint density at radius 1 is 1.26 bits per heavy atom. The van der Waals surface area contributed by atoms with Crippen LogP contribution in [0.2, 0.25) is 0 Å². The molecule has 0 saturated carbocycles. The van der Waals surface area contributed by atoms with E-state index in [2.05, 4.69) is 5.32 Å². The minimum absolute atomic E-state index is 0.272. The number of cyclic esters (lactones) is 1. The molecule has 1 atom stereocenters. The van der Waals surface area contributed by atoms with Crippen LogP contribution in [0.3, 0.4) is 0 Å². The minimum Gasteiger partial charge on any atom is -0.456 e. The van der Waals surface area contributed by atoms with E-state index in [9.17, 15) is 18.8 Å². The number of thiocarbonyl (C=S) groups is 1. The molecular weight excluding hydrogens is 427 g/mol. The van der Waals surface area contributed by atoms with Crippen molar-refractivity contribution >= 4 is 46.6 Å². The Morgan fingerprint density at radius 3 is 2.58 bits per heavy atom. The average molecular weight is 453 g/mol. The highest BCUT2D eigenvalue weighted by atomic mass is 32.1. The third-order valence-electron chi connectivity index (χ3n) is 5.07. The molecule has 0 bridgehead atoms. The van der Waals surface area contributed by atoms with E-state index in [-0.39, 0.29) is 18.6 Å². The van der Waals surface area contributed by atoms with Gasteiger partial charge in [-0.15, -0.1) is 0 Å². The summed E-state index contributed by atoms with van der Waals surface area (Å²) in [4.78, 5) is 40.5. The van der Waals surface area contributed by atoms with Crippen LogP contribution in [0.1, 0.15) is 13.8 Å². The summed E-state index contributed by atoms with van der Waals surface area (Å²) in [5.74, 6) is -1.24. The van der Waals surface area contributed by atoms with E-state index in [1.165, 1.54) is 17.9 Å². The Bertz CT molecular complexity index is 875. The molecule has 9 nitrogen and oxygen atoms in total. The van der Waals surface area contributed by atoms with Crippen LogP contribution in [0.5, 0.6) is 0 Å². The van der Waals surface area contributed by atoms with Crippen LogP contribution in [-0.2, 0) is 19.1 Å². The first-order valence-electron chi connectivity index (χ1n) is 9.93. The highest BCUT2D eigenvalue weighted by Gasteiger charge is 2.33. The van der Waals surface area contributed by atoms with E-state index in [4.69, 9.17) is 21.7 Å². The number of hydrogen-bond donors (Lipinski definition) is 1. The number of benzene rings is 1. The standard InChI is InChI=1S/C20H25FN4O5S/c1-13(31)22-10-16-11-25(20(28)30-16)15-3-4-18(17(21)9-15)23-5-7-24(8-6-23)19(27)12-29-14(2)26/h3-4,9,16H,5-8,10-12H2,1-2H3,(H,22,31). The second kappa shape index (κ2) is 9.90. The number of ether oxygens (including phenoxy) is 2. The summed E-state index contributed by atoms with van der Waals surface area (Å²) in [5.41, 5.74) is 0.820. The molecule has 0 radical (unpaired) electrons. The smallest absolute Gasteiger partial charge is 0.414 e. The van der Waals surface area contributed by atoms with Crippen molar-refractivity contribution in [3.8, 4) is 0 Å². The van der Waals surface area contributed by atoms with Crippen LogP contribution < -0.4 is 15.1 Å². The molecule has 2 saturated heterocycles. The van der Waals surface area contributed by atoms with Gasteiger partial charge in [-0.2, -0.15) is 0 Å². The van der Waals surface area contributed by atoms with Crippen LogP contribution in [0, 0.1) is 5.82 Å². The first-order chi connectivity index (χ1) is 14.7. The number of halogens is 1. The van der Waals surface area contributed by atoms with Crippen LogP contribution in [0.4, 0.5) is 20.6 Å². The molecule has 0 aromatic heterocycles. The molecule has 1 aromatic carbocycles. The van der Waals surface area contributed by atoms with Gasteiger partial charge in [-0.25, -0.2) is 9.18 Å². The third kappa shape index (κ3) is 5.81. The zero-order valence-corrected chi connectivity index (χ0v) is 18.2. The largest absolute Gasteiger partial charge is 0.456 e. The zero-order chi connectivity index (χ0) is 22.5. The lowest BCUT2D eigenvalue weighted by Crippen LogP contribution is -2.50. The molecule has 1 N–H and O–H groups in total. The van der Waals surface area contributed by atoms with E-state index in [1.807, 2.05) is 4.90 Å². The molecule has 3 rings (SSSR count). The monoisotopic (exact) mass is 452 g/mol. The molecule has 2 amide bonds. The summed E-state index contributed by atoms with van der Waals surface area (Å²) in [6, 6.07) is 4.62. The number of nitrogens with zero attached hydrogens (tertiary/aromatic N) is 3. The Labute approximate surface area is 185 Å². The number of hydrogen-bond acceptors (Lipinski definition) is 7. The van der Waals surface area contributed by atoms with Crippen LogP contribution in [-0.4, -0.2) is 79.8 Å². The highest BCUT2D eigenvalue weighted by Crippen LogP contribution is 2.28. The fourth-order valence-electron chi connectivity index (χ4n) is 3.47. The summed E-state index contributed by atoms with van der Waals surface area (Å²) in [6.07, 6.45) is -0.897. The van der Waals surface area contributed by atoms with Gasteiger partial charge < -0.3 is 24.6 Å². The Hall–Kier alpha value is -2.95. The minimum atomic E-state index is -0.527. The lowest BCUT2D eigenvalue weighted by molar-refractivity contribution is -0.150. The molecule has 0 spiro atoms. The van der Waals surface area contributed by atoms with Gasteiger partial charge in [0.2, 0.25) is 0 Å². The molecular formula is C20H25FN4O5S. The number of rotatable bonds is 6. The van der Waals surface area contributed by atoms with Gasteiger partial charge in [0, 0.05) is 33.1 Å². The van der Waals surface area contributed by atoms with Gasteiger partial charge in [-0.05, 0) is 25.1 Å². The van der Waals surface area contributed by atoms with Crippen molar-refractivity contribution in [2.24, 2.45) is 0 Å². The maximum Gasteiger partial charge on any atom is 0.414 e. The quantitative estimate of drug-likeness (QED) is 0.510. The van der Waals surface area contributed by atoms with E-state index in [0.29, 0.717) is 55.6 Å². The average Bonchev–Trinajstić information content (AvgIpc) is 3.11. The molecule has 0 aliphatic carbocycles. The number of nitrogens with one attached hydrogen (secondary N) is 1. The van der Waals surface area contributed by atoms with Gasteiger partial charge in [0.15, 0.2) is 6.61 Å². The van der Waals surface area contributed by atoms with Crippen molar-refractivity contribution in [1.29, 1.82) is 0 Å². The fourth-order valence-corrected chi connectivity index (χ4v) is 3.55. The van der Waals surface area contributed by atoms with Crippen molar-refractivity contribution in [1.82, 2.24) is 10.2 Å². The number of piperazine rings is 1. The topological polar surface area (TPSA) is 91.4 Å². The van der Waals surface area contributed by atoms with Crippen molar-refractivity contribution in [3.63, 3.8) is 0 Å². The lowest BCUT2D eigenvalue weighted by atomic mass is 10.2. The van der Waals surface area contributed by atoms with Crippen LogP contribution in [0.25, 0.3) is 0 Å². The maximum atomic E-state index is 14.8. The summed E-state index contributed by atoms with van der Waals surface area (Å²) in [5, 5.41) is 2.96. The molecule has 2 aliphatic heterocycles. The Balaban J connectivity index is 1.58. The van der Waals surface area contributed by atoms with Gasteiger partial charge in [-0.3, -0.25) is 14.5 Å². The predicted octanol–water partition coefficient (Wildman–Crippen LogP) is 1.30. The molecule has 168 valence electrons. The molecule has 1 aromatic rings. The predicted molar refractivity (Wildman–Crippen MR) is 116 cm³/mol. The number of carbonyl (C=O) groups is 3. The first kappa shape index (κ1) is 22.7. The summed E-state index contributed by atoms with van der Waals surface area (Å²) < 4.78 is 24.9. The Morgan fingerprint density at radius 2 is 1.97 bits per heavy atom. The second-order valence-corrected chi connectivity index (χ2v) is 7.95. The molecule has 2 heterocycles. The number of esters is 1. The molecule has 2 aliphatic rings. The van der Waals surface area contributed by atoms with Gasteiger partial charge in [-0.1, -0.05) is 12.2 Å². The number of anilines is 2. The molecule has 1 unspecified atom stereocenters. The van der Waals surface area contributed by atoms with Gasteiger partial charge >= 0.3 is 12.1 Å². The fraction of sp³-hybridized carbons (Fsp3) is 0.500. The lowest BCUT2D eigenvalue weighted by Gasteiger charge is -2.36. The highest BCUT2D eigenvalue weighted by molar-refractivity contribution is 7.80.